The Morgan fingerprint density at radius 2 is 1.89 bits per heavy atom. The van der Waals surface area contributed by atoms with Crippen molar-refractivity contribution in [3.63, 3.8) is 0 Å². The number of hydrogen-bond acceptors (Lipinski definition) is 2. The molecule has 0 atom stereocenters. The van der Waals surface area contributed by atoms with Crippen LogP contribution in [0.1, 0.15) is 37.2 Å². The Morgan fingerprint density at radius 3 is 2.56 bits per heavy atom. The molecule has 1 N–H and O–H groups in total. The predicted octanol–water partition coefficient (Wildman–Crippen LogP) is 3.46. The van der Waals surface area contributed by atoms with Crippen molar-refractivity contribution in [2.24, 2.45) is 0 Å². The van der Waals surface area contributed by atoms with Crippen LogP contribution in [0, 0.1) is 0 Å². The zero-order chi connectivity index (χ0) is 12.5. The van der Waals surface area contributed by atoms with Crippen LogP contribution in [0.15, 0.2) is 28.7 Å². The fraction of sp³-hybridized carbons (Fsp3) is 0.600. The number of rotatable bonds is 4. The van der Waals surface area contributed by atoms with E-state index in [1.165, 1.54) is 35.7 Å². The summed E-state index contributed by atoms with van der Waals surface area (Å²) in [6.45, 7) is 0. The summed E-state index contributed by atoms with van der Waals surface area (Å²) in [5.74, 6) is 0.748. The highest BCUT2D eigenvalue weighted by Gasteiger charge is 2.36. The molecule has 0 saturated heterocycles. The van der Waals surface area contributed by atoms with Crippen LogP contribution < -0.4 is 5.32 Å². The highest BCUT2D eigenvalue weighted by Crippen LogP contribution is 2.39. The van der Waals surface area contributed by atoms with E-state index in [0.717, 1.165) is 12.0 Å². The summed E-state index contributed by atoms with van der Waals surface area (Å²) in [6.07, 6.45) is 5.45. The van der Waals surface area contributed by atoms with Gasteiger partial charge < -0.3 is 10.1 Å². The third-order valence-electron chi connectivity index (χ3n) is 4.36. The lowest BCUT2D eigenvalue weighted by Crippen LogP contribution is -2.52. The van der Waals surface area contributed by atoms with Gasteiger partial charge in [-0.05, 0) is 49.3 Å². The van der Waals surface area contributed by atoms with Crippen molar-refractivity contribution in [3.05, 3.63) is 34.3 Å². The van der Waals surface area contributed by atoms with Crippen molar-refractivity contribution in [1.82, 2.24) is 5.32 Å². The standard InChI is InChI=1S/C15H20BrNO/c1-18-15-8-14(9-15)17-13-6-11(7-13)10-3-2-4-12(16)5-10/h2-5,11,13-15,17H,6-9H2,1H3. The molecule has 0 bridgehead atoms. The highest BCUT2D eigenvalue weighted by molar-refractivity contribution is 9.10. The molecule has 2 nitrogen and oxygen atoms in total. The fourth-order valence-corrected chi connectivity index (χ4v) is 3.43. The first-order valence-electron chi connectivity index (χ1n) is 6.79. The van der Waals surface area contributed by atoms with Crippen LogP contribution in [-0.2, 0) is 4.74 Å². The van der Waals surface area contributed by atoms with E-state index in [9.17, 15) is 0 Å². The third-order valence-corrected chi connectivity index (χ3v) is 4.85. The Bertz CT molecular complexity index is 411. The molecule has 0 aromatic heterocycles. The molecule has 2 aliphatic rings. The van der Waals surface area contributed by atoms with Gasteiger partial charge in [0, 0.05) is 23.7 Å². The number of hydrogen-bond donors (Lipinski definition) is 1. The molecule has 0 aliphatic heterocycles. The second kappa shape index (κ2) is 5.32. The van der Waals surface area contributed by atoms with Crippen molar-refractivity contribution in [2.75, 3.05) is 7.11 Å². The first-order chi connectivity index (χ1) is 8.74. The molecule has 0 heterocycles. The van der Waals surface area contributed by atoms with Gasteiger partial charge in [0.15, 0.2) is 0 Å². The summed E-state index contributed by atoms with van der Waals surface area (Å²) < 4.78 is 6.50. The van der Waals surface area contributed by atoms with Crippen molar-refractivity contribution < 1.29 is 4.74 Å². The van der Waals surface area contributed by atoms with E-state index in [-0.39, 0.29) is 0 Å². The quantitative estimate of drug-likeness (QED) is 0.919. The zero-order valence-electron chi connectivity index (χ0n) is 10.7. The monoisotopic (exact) mass is 309 g/mol. The molecule has 98 valence electrons. The van der Waals surface area contributed by atoms with Gasteiger partial charge in [-0.25, -0.2) is 0 Å². The van der Waals surface area contributed by atoms with E-state index < -0.39 is 0 Å². The number of methoxy groups -OCH3 is 1. The van der Waals surface area contributed by atoms with Crippen LogP contribution in [0.3, 0.4) is 0 Å². The zero-order valence-corrected chi connectivity index (χ0v) is 12.3. The molecule has 0 amide bonds. The second-order valence-corrected chi connectivity index (χ2v) is 6.53. The smallest absolute Gasteiger partial charge is 0.0601 e. The SMILES string of the molecule is COC1CC(NC2CC(c3cccc(Br)c3)C2)C1. The molecule has 1 aromatic carbocycles. The van der Waals surface area contributed by atoms with Crippen molar-refractivity contribution in [3.8, 4) is 0 Å². The van der Waals surface area contributed by atoms with Crippen LogP contribution in [0.5, 0.6) is 0 Å². The van der Waals surface area contributed by atoms with E-state index >= 15 is 0 Å². The molecule has 2 aliphatic carbocycles. The van der Waals surface area contributed by atoms with Gasteiger partial charge in [-0.15, -0.1) is 0 Å². The lowest BCUT2D eigenvalue weighted by Gasteiger charge is -2.43. The van der Waals surface area contributed by atoms with Gasteiger partial charge in [-0.3, -0.25) is 0 Å². The lowest BCUT2D eigenvalue weighted by molar-refractivity contribution is 0.00999. The van der Waals surface area contributed by atoms with Gasteiger partial charge in [0.1, 0.15) is 0 Å². The maximum atomic E-state index is 5.31. The van der Waals surface area contributed by atoms with Crippen molar-refractivity contribution >= 4 is 15.9 Å². The summed E-state index contributed by atoms with van der Waals surface area (Å²) in [5, 5.41) is 3.74. The van der Waals surface area contributed by atoms with Crippen LogP contribution in [0.25, 0.3) is 0 Å². The van der Waals surface area contributed by atoms with Crippen molar-refractivity contribution in [1.29, 1.82) is 0 Å². The third kappa shape index (κ3) is 2.63. The minimum absolute atomic E-state index is 0.503. The van der Waals surface area contributed by atoms with E-state index in [2.05, 4.69) is 45.5 Å². The van der Waals surface area contributed by atoms with Gasteiger partial charge in [0.05, 0.1) is 6.10 Å². The minimum Gasteiger partial charge on any atom is -0.381 e. The first-order valence-corrected chi connectivity index (χ1v) is 7.58. The molecular formula is C15H20BrNO. The molecule has 0 unspecified atom stereocenters. The normalized spacial score (nSPS) is 34.8. The minimum atomic E-state index is 0.503. The molecular weight excluding hydrogens is 290 g/mol. The van der Waals surface area contributed by atoms with Crippen molar-refractivity contribution in [2.45, 2.75) is 49.8 Å². The molecule has 1 aromatic rings. The number of benzene rings is 1. The number of halogens is 1. The maximum absolute atomic E-state index is 5.31. The largest absolute Gasteiger partial charge is 0.381 e. The van der Waals surface area contributed by atoms with E-state index in [1.54, 1.807) is 0 Å². The molecule has 2 fully saturated rings. The average molecular weight is 310 g/mol. The topological polar surface area (TPSA) is 21.3 Å². The van der Waals surface area contributed by atoms with Gasteiger partial charge >= 0.3 is 0 Å². The average Bonchev–Trinajstić information content (AvgIpc) is 2.24. The van der Waals surface area contributed by atoms with Gasteiger partial charge in [0.2, 0.25) is 0 Å². The molecule has 3 heteroatoms. The molecule has 2 saturated carbocycles. The van der Waals surface area contributed by atoms with Crippen LogP contribution in [-0.4, -0.2) is 25.3 Å². The Morgan fingerprint density at radius 1 is 1.17 bits per heavy atom. The van der Waals surface area contributed by atoms with Crippen LogP contribution >= 0.6 is 15.9 Å². The maximum Gasteiger partial charge on any atom is 0.0601 e. The predicted molar refractivity (Wildman–Crippen MR) is 76.9 cm³/mol. The Balaban J connectivity index is 1.44. The number of nitrogens with one attached hydrogen (secondary N) is 1. The van der Waals surface area contributed by atoms with E-state index in [1.807, 2.05) is 7.11 Å². The van der Waals surface area contributed by atoms with E-state index in [0.29, 0.717) is 12.1 Å². The molecule has 0 radical (unpaired) electrons. The molecule has 0 spiro atoms. The fourth-order valence-electron chi connectivity index (χ4n) is 3.01. The van der Waals surface area contributed by atoms with Gasteiger partial charge in [0.25, 0.3) is 0 Å². The lowest BCUT2D eigenvalue weighted by atomic mass is 9.74. The number of ether oxygens (including phenoxy) is 1. The summed E-state index contributed by atoms with van der Waals surface area (Å²) in [4.78, 5) is 0. The molecule has 18 heavy (non-hydrogen) atoms. The summed E-state index contributed by atoms with van der Waals surface area (Å²) in [5.41, 5.74) is 1.48. The Hall–Kier alpha value is -0.380. The highest BCUT2D eigenvalue weighted by atomic mass is 79.9. The first kappa shape index (κ1) is 12.6. The Kier molecular flexibility index (Phi) is 3.73. The summed E-state index contributed by atoms with van der Waals surface area (Å²) in [7, 11) is 1.81. The van der Waals surface area contributed by atoms with Gasteiger partial charge in [-0.1, -0.05) is 28.1 Å². The molecule has 3 rings (SSSR count). The summed E-state index contributed by atoms with van der Waals surface area (Å²) in [6, 6.07) is 10.1. The second-order valence-electron chi connectivity index (χ2n) is 5.61. The van der Waals surface area contributed by atoms with Crippen LogP contribution in [0.2, 0.25) is 0 Å². The Labute approximate surface area is 117 Å². The van der Waals surface area contributed by atoms with Gasteiger partial charge in [-0.2, -0.15) is 0 Å². The van der Waals surface area contributed by atoms with E-state index in [4.69, 9.17) is 4.74 Å². The summed E-state index contributed by atoms with van der Waals surface area (Å²) >= 11 is 3.54. The van der Waals surface area contributed by atoms with Crippen LogP contribution in [0.4, 0.5) is 0 Å².